The summed E-state index contributed by atoms with van der Waals surface area (Å²) >= 11 is 0. The van der Waals surface area contributed by atoms with Gasteiger partial charge in [0.1, 0.15) is 5.82 Å². The molecule has 6 heteroatoms. The molecule has 0 unspecified atom stereocenters. The Balaban J connectivity index is 1.63. The molecule has 0 bridgehead atoms. The van der Waals surface area contributed by atoms with Crippen LogP contribution in [0.3, 0.4) is 0 Å². The van der Waals surface area contributed by atoms with Gasteiger partial charge < -0.3 is 10.2 Å². The average Bonchev–Trinajstić information content (AvgIpc) is 3.40. The molecule has 1 aliphatic heterocycles. The fourth-order valence-corrected chi connectivity index (χ4v) is 4.27. The molecule has 1 aromatic carbocycles. The summed E-state index contributed by atoms with van der Waals surface area (Å²) in [7, 11) is 2.10. The highest BCUT2D eigenvalue weighted by atomic mass is 16.3. The molecule has 0 amide bonds. The Morgan fingerprint density at radius 2 is 2.08 bits per heavy atom. The number of hydrogen-bond donors (Lipinski definition) is 1. The second-order valence-corrected chi connectivity index (χ2v) is 7.44. The molecule has 2 N–H and O–H groups in total. The predicted octanol–water partition coefficient (Wildman–Crippen LogP) is 2.72. The Hall–Kier alpha value is -2.44. The molecule has 6 nitrogen and oxygen atoms in total. The molecule has 1 saturated heterocycles. The minimum Gasteiger partial charge on any atom is -0.461 e. The van der Waals surface area contributed by atoms with Gasteiger partial charge in [0.2, 0.25) is 5.82 Å². The minimum atomic E-state index is 0.162. The number of benzene rings is 1. The second kappa shape index (κ2) is 6.07. The van der Waals surface area contributed by atoms with E-state index < -0.39 is 0 Å². The molecule has 2 aliphatic rings. The predicted molar refractivity (Wildman–Crippen MR) is 99.0 cm³/mol. The van der Waals surface area contributed by atoms with E-state index in [2.05, 4.69) is 30.1 Å². The van der Waals surface area contributed by atoms with Gasteiger partial charge in [-0.3, -0.25) is 4.90 Å². The van der Waals surface area contributed by atoms with Crippen LogP contribution >= 0.6 is 0 Å². The first kappa shape index (κ1) is 15.8. The lowest BCUT2D eigenvalue weighted by Crippen LogP contribution is -2.24. The van der Waals surface area contributed by atoms with E-state index in [9.17, 15) is 0 Å². The summed E-state index contributed by atoms with van der Waals surface area (Å²) in [5, 5.41) is 4.80. The van der Waals surface area contributed by atoms with E-state index in [-0.39, 0.29) is 12.1 Å². The zero-order chi connectivity index (χ0) is 17.7. The van der Waals surface area contributed by atoms with Crippen molar-refractivity contribution in [2.45, 2.75) is 37.8 Å². The summed E-state index contributed by atoms with van der Waals surface area (Å²) in [6.45, 7) is 0.873. The quantitative estimate of drug-likeness (QED) is 0.787. The Morgan fingerprint density at radius 3 is 2.85 bits per heavy atom. The lowest BCUT2D eigenvalue weighted by molar-refractivity contribution is 0.301. The normalized spacial score (nSPS) is 22.8. The van der Waals surface area contributed by atoms with Crippen molar-refractivity contribution < 1.29 is 4.42 Å². The summed E-state index contributed by atoms with van der Waals surface area (Å²) in [6, 6.07) is 10.8. The van der Waals surface area contributed by atoms with Gasteiger partial charge in [-0.2, -0.15) is 0 Å². The summed E-state index contributed by atoms with van der Waals surface area (Å²) in [5.74, 6) is 2.25. The van der Waals surface area contributed by atoms with Crippen LogP contribution in [0.25, 0.3) is 17.3 Å². The standard InChI is InChI=1S/C20H23N5O/c1-24-12-15(21)11-17(24)20-22-19(18-6-3-9-26-18)23-25(20)16-8-7-13-4-2-5-14(13)10-16/h3,6-10,15,17H,2,4-5,11-12,21H2,1H3/t15-,17-/m0/s1. The minimum absolute atomic E-state index is 0.162. The number of aryl methyl sites for hydroxylation is 2. The molecule has 1 aliphatic carbocycles. The number of fused-ring (bicyclic) bond motifs is 1. The highest BCUT2D eigenvalue weighted by Crippen LogP contribution is 2.33. The van der Waals surface area contributed by atoms with Crippen molar-refractivity contribution in [3.63, 3.8) is 0 Å². The van der Waals surface area contributed by atoms with E-state index in [1.165, 1.54) is 24.0 Å². The fraction of sp³-hybridized carbons (Fsp3) is 0.400. The topological polar surface area (TPSA) is 73.1 Å². The largest absolute Gasteiger partial charge is 0.461 e. The third kappa shape index (κ3) is 2.57. The van der Waals surface area contributed by atoms with E-state index in [0.29, 0.717) is 11.6 Å². The van der Waals surface area contributed by atoms with Crippen LogP contribution < -0.4 is 5.73 Å². The number of likely N-dealkylation sites (tertiary alicyclic amines) is 1. The molecule has 0 radical (unpaired) electrons. The Kier molecular flexibility index (Phi) is 3.69. The molecule has 0 saturated carbocycles. The molecule has 1 fully saturated rings. The van der Waals surface area contributed by atoms with E-state index in [1.807, 2.05) is 16.8 Å². The van der Waals surface area contributed by atoms with Gasteiger partial charge in [0, 0.05) is 12.6 Å². The average molecular weight is 349 g/mol. The second-order valence-electron chi connectivity index (χ2n) is 7.44. The van der Waals surface area contributed by atoms with Crippen LogP contribution in [-0.4, -0.2) is 39.3 Å². The SMILES string of the molecule is CN1C[C@@H](N)C[C@H]1c1nc(-c2ccco2)nn1-c1ccc2c(c1)CCC2. The van der Waals surface area contributed by atoms with Crippen LogP contribution in [0.5, 0.6) is 0 Å². The molecular formula is C20H23N5O. The number of rotatable bonds is 3. The molecular weight excluding hydrogens is 326 g/mol. The molecule has 3 aromatic rings. The van der Waals surface area contributed by atoms with Gasteiger partial charge in [0.15, 0.2) is 5.76 Å². The van der Waals surface area contributed by atoms with Crippen LogP contribution in [0.2, 0.25) is 0 Å². The van der Waals surface area contributed by atoms with Gasteiger partial charge in [-0.15, -0.1) is 5.10 Å². The molecule has 5 rings (SSSR count). The maximum absolute atomic E-state index is 6.20. The third-order valence-corrected chi connectivity index (χ3v) is 5.58. The monoisotopic (exact) mass is 349 g/mol. The number of furan rings is 1. The van der Waals surface area contributed by atoms with Crippen LogP contribution in [-0.2, 0) is 12.8 Å². The zero-order valence-corrected chi connectivity index (χ0v) is 14.9. The summed E-state index contributed by atoms with van der Waals surface area (Å²) in [4.78, 5) is 7.12. The van der Waals surface area contributed by atoms with E-state index in [4.69, 9.17) is 20.2 Å². The number of likely N-dealkylation sites (N-methyl/N-ethyl adjacent to an activating group) is 1. The number of nitrogens with two attached hydrogens (primary N) is 1. The highest BCUT2D eigenvalue weighted by Gasteiger charge is 2.33. The first-order valence-corrected chi connectivity index (χ1v) is 9.28. The highest BCUT2D eigenvalue weighted by molar-refractivity contribution is 5.49. The number of nitrogens with zero attached hydrogens (tertiary/aromatic N) is 4. The first-order chi connectivity index (χ1) is 12.7. The van der Waals surface area contributed by atoms with E-state index >= 15 is 0 Å². The van der Waals surface area contributed by atoms with Crippen molar-refractivity contribution in [2.24, 2.45) is 5.73 Å². The molecule has 0 spiro atoms. The molecule has 3 heterocycles. The van der Waals surface area contributed by atoms with Gasteiger partial charge in [0.05, 0.1) is 18.0 Å². The third-order valence-electron chi connectivity index (χ3n) is 5.58. The lowest BCUT2D eigenvalue weighted by Gasteiger charge is -2.19. The van der Waals surface area contributed by atoms with E-state index in [0.717, 1.165) is 30.9 Å². The zero-order valence-electron chi connectivity index (χ0n) is 14.9. The number of hydrogen-bond acceptors (Lipinski definition) is 5. The summed E-state index contributed by atoms with van der Waals surface area (Å²) in [6.07, 6.45) is 6.10. The van der Waals surface area contributed by atoms with Gasteiger partial charge >= 0.3 is 0 Å². The lowest BCUT2D eigenvalue weighted by atomic mass is 10.1. The van der Waals surface area contributed by atoms with Crippen LogP contribution in [0.15, 0.2) is 41.0 Å². The maximum Gasteiger partial charge on any atom is 0.217 e. The van der Waals surface area contributed by atoms with Crippen molar-refractivity contribution in [3.05, 3.63) is 53.5 Å². The van der Waals surface area contributed by atoms with Gasteiger partial charge in [-0.05, 0) is 68.1 Å². The Bertz CT molecular complexity index is 930. The van der Waals surface area contributed by atoms with Crippen molar-refractivity contribution in [1.29, 1.82) is 0 Å². The molecule has 2 aromatic heterocycles. The Morgan fingerprint density at radius 1 is 1.19 bits per heavy atom. The number of aromatic nitrogens is 3. The van der Waals surface area contributed by atoms with Gasteiger partial charge in [-0.1, -0.05) is 6.07 Å². The summed E-state index contributed by atoms with van der Waals surface area (Å²) < 4.78 is 7.51. The molecule has 134 valence electrons. The maximum atomic E-state index is 6.20. The summed E-state index contributed by atoms with van der Waals surface area (Å²) in [5.41, 5.74) is 10.2. The van der Waals surface area contributed by atoms with Crippen molar-refractivity contribution >= 4 is 0 Å². The van der Waals surface area contributed by atoms with Crippen LogP contribution in [0, 0.1) is 0 Å². The fourth-order valence-electron chi connectivity index (χ4n) is 4.27. The Labute approximate surface area is 152 Å². The van der Waals surface area contributed by atoms with Gasteiger partial charge in [-0.25, -0.2) is 9.67 Å². The smallest absolute Gasteiger partial charge is 0.217 e. The van der Waals surface area contributed by atoms with E-state index in [1.54, 1.807) is 6.26 Å². The molecule has 26 heavy (non-hydrogen) atoms. The first-order valence-electron chi connectivity index (χ1n) is 9.28. The van der Waals surface area contributed by atoms with Crippen LogP contribution in [0.1, 0.15) is 35.8 Å². The van der Waals surface area contributed by atoms with Gasteiger partial charge in [0.25, 0.3) is 0 Å². The van der Waals surface area contributed by atoms with Crippen molar-refractivity contribution in [3.8, 4) is 17.3 Å². The van der Waals surface area contributed by atoms with Crippen molar-refractivity contribution in [1.82, 2.24) is 19.7 Å². The van der Waals surface area contributed by atoms with Crippen molar-refractivity contribution in [2.75, 3.05) is 13.6 Å². The molecule has 2 atom stereocenters. The van der Waals surface area contributed by atoms with Crippen LogP contribution in [0.4, 0.5) is 0 Å².